The summed E-state index contributed by atoms with van der Waals surface area (Å²) in [6, 6.07) is 3.95. The Morgan fingerprint density at radius 2 is 2.29 bits per heavy atom. The first-order valence-corrected chi connectivity index (χ1v) is 2.95. The van der Waals surface area contributed by atoms with Crippen molar-refractivity contribution < 1.29 is 5.48 Å². The average Bonchev–Trinajstić information content (AvgIpc) is 1.86. The van der Waals surface area contributed by atoms with E-state index < -0.39 is 0 Å². The summed E-state index contributed by atoms with van der Waals surface area (Å²) in [6.07, 6.45) is 0. The lowest BCUT2D eigenvalue weighted by Crippen LogP contribution is -1.32. The molecule has 1 nitrogen and oxygen atoms in total. The van der Waals surface area contributed by atoms with Crippen molar-refractivity contribution >= 4 is 24.0 Å². The highest BCUT2D eigenvalue weighted by atomic mass is 32.2. The third-order valence-electron chi connectivity index (χ3n) is 0.506. The van der Waals surface area contributed by atoms with Gasteiger partial charge in [0, 0.05) is 0 Å². The van der Waals surface area contributed by atoms with Crippen LogP contribution in [-0.4, -0.2) is 5.48 Å². The number of rotatable bonds is 0. The third kappa shape index (κ3) is 1.97. The fraction of sp³-hybridized carbons (Fsp3) is 0. The zero-order valence-electron chi connectivity index (χ0n) is 3.59. The smallest absolute Gasteiger partial charge is 0.0567 e. The van der Waals surface area contributed by atoms with Crippen LogP contribution in [0.1, 0.15) is 0 Å². The molecule has 0 atom stereocenters. The molecule has 1 rings (SSSR count). The van der Waals surface area contributed by atoms with Crippen molar-refractivity contribution in [2.24, 2.45) is 0 Å². The maximum atomic E-state index is 4.05. The van der Waals surface area contributed by atoms with Gasteiger partial charge in [-0.05, 0) is 11.4 Å². The van der Waals surface area contributed by atoms with E-state index in [0.29, 0.717) is 0 Å². The molecule has 1 aromatic heterocycles. The highest BCUT2D eigenvalue weighted by Gasteiger charge is 1.75. The molecular weight excluding hydrogens is 128 g/mol. The molecule has 0 unspecified atom stereocenters. The van der Waals surface area contributed by atoms with Gasteiger partial charge in [-0.2, -0.15) is 0 Å². The molecule has 0 aliphatic heterocycles. The lowest BCUT2D eigenvalue weighted by molar-refractivity contribution is 0.824. The zero-order valence-corrected chi connectivity index (χ0v) is 5.30. The monoisotopic (exact) mass is 134 g/mol. The molecule has 0 saturated heterocycles. The molecule has 0 radical (unpaired) electrons. The standard InChI is InChI=1S/C4H4S2.H2O/c5-4-2-1-3-6-4;/h1-3,5H;1H2. The van der Waals surface area contributed by atoms with Crippen LogP contribution in [0.4, 0.5) is 0 Å². The summed E-state index contributed by atoms with van der Waals surface area (Å²) in [5.41, 5.74) is 0. The maximum Gasteiger partial charge on any atom is 0.0567 e. The summed E-state index contributed by atoms with van der Waals surface area (Å²) < 4.78 is 1.08. The van der Waals surface area contributed by atoms with Crippen LogP contribution in [-0.2, 0) is 0 Å². The van der Waals surface area contributed by atoms with Gasteiger partial charge in [0.05, 0.1) is 4.21 Å². The fourth-order valence-corrected chi connectivity index (χ4v) is 0.992. The largest absolute Gasteiger partial charge is 0.412 e. The van der Waals surface area contributed by atoms with Crippen LogP contribution in [0.5, 0.6) is 0 Å². The van der Waals surface area contributed by atoms with Crippen molar-refractivity contribution in [3.63, 3.8) is 0 Å². The summed E-state index contributed by atoms with van der Waals surface area (Å²) in [7, 11) is 0. The van der Waals surface area contributed by atoms with Crippen LogP contribution in [0.25, 0.3) is 0 Å². The first-order chi connectivity index (χ1) is 2.89. The van der Waals surface area contributed by atoms with Crippen LogP contribution in [0.2, 0.25) is 0 Å². The molecule has 0 aliphatic rings. The predicted octanol–water partition coefficient (Wildman–Crippen LogP) is 1.21. The Balaban J connectivity index is 0.000000360. The lowest BCUT2D eigenvalue weighted by atomic mass is 10.7. The van der Waals surface area contributed by atoms with Crippen LogP contribution in [0.15, 0.2) is 21.7 Å². The minimum absolute atomic E-state index is 0. The minimum Gasteiger partial charge on any atom is -0.412 e. The van der Waals surface area contributed by atoms with Gasteiger partial charge in [0.15, 0.2) is 0 Å². The molecule has 2 N–H and O–H groups in total. The van der Waals surface area contributed by atoms with E-state index in [-0.39, 0.29) is 5.48 Å². The Kier molecular flexibility index (Phi) is 3.07. The highest BCUT2D eigenvalue weighted by Crippen LogP contribution is 2.11. The number of thiophene rings is 1. The second kappa shape index (κ2) is 3.07. The first kappa shape index (κ1) is 7.01. The lowest BCUT2D eigenvalue weighted by Gasteiger charge is -1.64. The van der Waals surface area contributed by atoms with E-state index in [1.807, 2.05) is 17.5 Å². The third-order valence-corrected chi connectivity index (χ3v) is 1.64. The molecule has 0 bridgehead atoms. The quantitative estimate of drug-likeness (QED) is 0.517. The molecule has 0 amide bonds. The molecule has 3 heteroatoms. The van der Waals surface area contributed by atoms with Gasteiger partial charge < -0.3 is 5.48 Å². The first-order valence-electron chi connectivity index (χ1n) is 1.62. The summed E-state index contributed by atoms with van der Waals surface area (Å²) in [4.78, 5) is 0. The van der Waals surface area contributed by atoms with Gasteiger partial charge in [0.1, 0.15) is 0 Å². The van der Waals surface area contributed by atoms with E-state index in [1.165, 1.54) is 0 Å². The van der Waals surface area contributed by atoms with Crippen molar-refractivity contribution in [1.29, 1.82) is 0 Å². The van der Waals surface area contributed by atoms with E-state index in [4.69, 9.17) is 0 Å². The van der Waals surface area contributed by atoms with Gasteiger partial charge in [-0.3, -0.25) is 0 Å². The van der Waals surface area contributed by atoms with Crippen molar-refractivity contribution in [3.05, 3.63) is 17.5 Å². The normalized spacial score (nSPS) is 7.57. The van der Waals surface area contributed by atoms with E-state index in [9.17, 15) is 0 Å². The van der Waals surface area contributed by atoms with Crippen molar-refractivity contribution in [1.82, 2.24) is 0 Å². The van der Waals surface area contributed by atoms with E-state index in [2.05, 4.69) is 12.6 Å². The Labute approximate surface area is 51.7 Å². The Bertz CT molecular complexity index is 113. The minimum atomic E-state index is 0. The highest BCUT2D eigenvalue weighted by molar-refractivity contribution is 7.82. The average molecular weight is 134 g/mol. The fourth-order valence-electron chi connectivity index (χ4n) is 0.270. The maximum absolute atomic E-state index is 4.05. The number of hydrogen-bond acceptors (Lipinski definition) is 2. The van der Waals surface area contributed by atoms with Crippen LogP contribution < -0.4 is 0 Å². The molecule has 0 aromatic carbocycles. The van der Waals surface area contributed by atoms with Crippen molar-refractivity contribution in [2.75, 3.05) is 0 Å². The van der Waals surface area contributed by atoms with Gasteiger partial charge in [0.25, 0.3) is 0 Å². The van der Waals surface area contributed by atoms with Gasteiger partial charge in [-0.15, -0.1) is 24.0 Å². The van der Waals surface area contributed by atoms with Crippen LogP contribution >= 0.6 is 24.0 Å². The van der Waals surface area contributed by atoms with Crippen LogP contribution in [0.3, 0.4) is 0 Å². The molecular formula is C4H6OS2. The Morgan fingerprint density at radius 3 is 2.43 bits per heavy atom. The van der Waals surface area contributed by atoms with Crippen molar-refractivity contribution in [2.45, 2.75) is 4.21 Å². The van der Waals surface area contributed by atoms with Gasteiger partial charge in [-0.25, -0.2) is 0 Å². The number of thiol groups is 1. The summed E-state index contributed by atoms with van der Waals surface area (Å²) in [6.45, 7) is 0. The van der Waals surface area contributed by atoms with Gasteiger partial charge >= 0.3 is 0 Å². The molecule has 0 fully saturated rings. The second-order valence-electron chi connectivity index (χ2n) is 0.951. The molecule has 0 aliphatic carbocycles. The molecule has 1 aromatic rings. The van der Waals surface area contributed by atoms with Crippen molar-refractivity contribution in [3.8, 4) is 0 Å². The summed E-state index contributed by atoms with van der Waals surface area (Å²) >= 11 is 5.70. The summed E-state index contributed by atoms with van der Waals surface area (Å²) in [5.74, 6) is 0. The van der Waals surface area contributed by atoms with E-state index in [0.717, 1.165) is 4.21 Å². The SMILES string of the molecule is O.Sc1cccs1. The second-order valence-corrected chi connectivity index (χ2v) is 2.68. The number of hydrogen-bond donors (Lipinski definition) is 1. The summed E-state index contributed by atoms with van der Waals surface area (Å²) in [5, 5.41) is 2.00. The van der Waals surface area contributed by atoms with E-state index >= 15 is 0 Å². The molecule has 1 heterocycles. The molecule has 0 saturated carbocycles. The Morgan fingerprint density at radius 1 is 1.57 bits per heavy atom. The zero-order chi connectivity index (χ0) is 4.41. The van der Waals surface area contributed by atoms with Crippen LogP contribution in [0, 0.1) is 0 Å². The molecule has 7 heavy (non-hydrogen) atoms. The van der Waals surface area contributed by atoms with E-state index in [1.54, 1.807) is 11.3 Å². The molecule has 40 valence electrons. The van der Waals surface area contributed by atoms with Gasteiger partial charge in [-0.1, -0.05) is 6.07 Å². The molecule has 0 spiro atoms. The topological polar surface area (TPSA) is 31.5 Å². The Hall–Kier alpha value is 0.01000. The predicted molar refractivity (Wildman–Crippen MR) is 35.2 cm³/mol. The van der Waals surface area contributed by atoms with Gasteiger partial charge in [0.2, 0.25) is 0 Å².